The number of likely N-dealkylation sites (tertiary alicyclic amines) is 1. The molecule has 1 fully saturated rings. The number of hydrogen-bond acceptors (Lipinski definition) is 2. The molecule has 0 bridgehead atoms. The molecular formula is C18H29BrN2. The molecule has 1 unspecified atom stereocenters. The monoisotopic (exact) mass is 352 g/mol. The standard InChI is InChI=1S/C18H29BrN2/c1-4-11-21-12-9-17(10-13-21)15(3)20-14(2)16-5-7-18(19)8-6-16/h5-8,14-15,17,20H,4,9-13H2,1-3H3/t14-,15?/m0/s1. The Morgan fingerprint density at radius 2 is 1.81 bits per heavy atom. The van der Waals surface area contributed by atoms with Crippen LogP contribution in [-0.4, -0.2) is 30.6 Å². The number of rotatable bonds is 6. The largest absolute Gasteiger partial charge is 0.307 e. The van der Waals surface area contributed by atoms with Gasteiger partial charge in [-0.3, -0.25) is 0 Å². The number of nitrogens with one attached hydrogen (secondary N) is 1. The van der Waals surface area contributed by atoms with Gasteiger partial charge < -0.3 is 10.2 Å². The van der Waals surface area contributed by atoms with Crippen LogP contribution < -0.4 is 5.32 Å². The normalized spacial score (nSPS) is 20.4. The minimum atomic E-state index is 0.418. The second-order valence-electron chi connectivity index (χ2n) is 6.41. The molecule has 3 heteroatoms. The van der Waals surface area contributed by atoms with Crippen molar-refractivity contribution in [1.29, 1.82) is 0 Å². The van der Waals surface area contributed by atoms with Gasteiger partial charge in [0.15, 0.2) is 0 Å². The zero-order valence-corrected chi connectivity index (χ0v) is 15.2. The van der Waals surface area contributed by atoms with Crippen molar-refractivity contribution in [2.24, 2.45) is 5.92 Å². The van der Waals surface area contributed by atoms with Gasteiger partial charge in [0, 0.05) is 16.6 Å². The molecule has 0 amide bonds. The molecule has 2 rings (SSSR count). The summed E-state index contributed by atoms with van der Waals surface area (Å²) in [5.74, 6) is 0.816. The highest BCUT2D eigenvalue weighted by atomic mass is 79.9. The van der Waals surface area contributed by atoms with E-state index in [0.717, 1.165) is 10.4 Å². The Hall–Kier alpha value is -0.380. The Morgan fingerprint density at radius 3 is 2.38 bits per heavy atom. The second-order valence-corrected chi connectivity index (χ2v) is 7.32. The molecule has 1 saturated heterocycles. The van der Waals surface area contributed by atoms with Crippen LogP contribution in [0.3, 0.4) is 0 Å². The lowest BCUT2D eigenvalue weighted by molar-refractivity contribution is 0.159. The second kappa shape index (κ2) is 8.30. The van der Waals surface area contributed by atoms with Crippen molar-refractivity contribution in [3.8, 4) is 0 Å². The van der Waals surface area contributed by atoms with E-state index in [1.165, 1.54) is 44.5 Å². The van der Waals surface area contributed by atoms with Crippen LogP contribution in [0.2, 0.25) is 0 Å². The third-order valence-electron chi connectivity index (χ3n) is 4.76. The molecule has 21 heavy (non-hydrogen) atoms. The van der Waals surface area contributed by atoms with Crippen molar-refractivity contribution in [2.45, 2.75) is 52.1 Å². The summed E-state index contributed by atoms with van der Waals surface area (Å²) in [6.45, 7) is 10.7. The third kappa shape index (κ3) is 5.08. The van der Waals surface area contributed by atoms with Crippen LogP contribution in [0.25, 0.3) is 0 Å². The van der Waals surface area contributed by atoms with Gasteiger partial charge in [0.1, 0.15) is 0 Å². The maximum Gasteiger partial charge on any atom is 0.0294 e. The first kappa shape index (κ1) is 17.0. The van der Waals surface area contributed by atoms with E-state index in [9.17, 15) is 0 Å². The Kier molecular flexibility index (Phi) is 6.72. The van der Waals surface area contributed by atoms with Crippen LogP contribution in [0.4, 0.5) is 0 Å². The summed E-state index contributed by atoms with van der Waals surface area (Å²) in [6, 6.07) is 9.67. The van der Waals surface area contributed by atoms with E-state index in [2.05, 4.69) is 71.2 Å². The number of benzene rings is 1. The summed E-state index contributed by atoms with van der Waals surface area (Å²) in [5.41, 5.74) is 1.37. The third-order valence-corrected chi connectivity index (χ3v) is 5.29. The van der Waals surface area contributed by atoms with Crippen LogP contribution in [0.1, 0.15) is 51.6 Å². The Balaban J connectivity index is 1.81. The minimum Gasteiger partial charge on any atom is -0.307 e. The lowest BCUT2D eigenvalue weighted by Crippen LogP contribution is -2.42. The van der Waals surface area contributed by atoms with Gasteiger partial charge in [0.2, 0.25) is 0 Å². The van der Waals surface area contributed by atoms with Crippen LogP contribution in [0, 0.1) is 5.92 Å². The van der Waals surface area contributed by atoms with Gasteiger partial charge >= 0.3 is 0 Å². The van der Waals surface area contributed by atoms with E-state index in [4.69, 9.17) is 0 Å². The SMILES string of the molecule is CCCN1CCC(C(C)N[C@@H](C)c2ccc(Br)cc2)CC1. The highest BCUT2D eigenvalue weighted by Crippen LogP contribution is 2.23. The molecule has 0 aliphatic carbocycles. The molecule has 2 nitrogen and oxygen atoms in total. The first-order valence-corrected chi connectivity index (χ1v) is 9.13. The molecule has 1 N–H and O–H groups in total. The molecule has 0 spiro atoms. The van der Waals surface area contributed by atoms with Crippen molar-refractivity contribution < 1.29 is 0 Å². The van der Waals surface area contributed by atoms with Crippen LogP contribution in [0.15, 0.2) is 28.7 Å². The van der Waals surface area contributed by atoms with Crippen molar-refractivity contribution in [3.63, 3.8) is 0 Å². The summed E-state index contributed by atoms with van der Waals surface area (Å²) >= 11 is 3.50. The van der Waals surface area contributed by atoms with Crippen LogP contribution in [-0.2, 0) is 0 Å². The molecule has 0 radical (unpaired) electrons. The van der Waals surface area contributed by atoms with Gasteiger partial charge in [-0.2, -0.15) is 0 Å². The summed E-state index contributed by atoms with van der Waals surface area (Å²) in [6.07, 6.45) is 3.95. The molecule has 0 saturated carbocycles. The van der Waals surface area contributed by atoms with Gasteiger partial charge in [0.25, 0.3) is 0 Å². The fourth-order valence-corrected chi connectivity index (χ4v) is 3.64. The maximum absolute atomic E-state index is 3.80. The fraction of sp³-hybridized carbons (Fsp3) is 0.667. The Morgan fingerprint density at radius 1 is 1.19 bits per heavy atom. The Bertz CT molecular complexity index is 410. The van der Waals surface area contributed by atoms with E-state index < -0.39 is 0 Å². The van der Waals surface area contributed by atoms with E-state index in [1.54, 1.807) is 0 Å². The van der Waals surface area contributed by atoms with Gasteiger partial charge in [-0.15, -0.1) is 0 Å². The van der Waals surface area contributed by atoms with Crippen molar-refractivity contribution in [1.82, 2.24) is 10.2 Å². The number of halogens is 1. The molecule has 1 aliphatic rings. The average molecular weight is 353 g/mol. The molecule has 1 aromatic rings. The van der Waals surface area contributed by atoms with E-state index in [-0.39, 0.29) is 0 Å². The predicted molar refractivity (Wildman–Crippen MR) is 94.6 cm³/mol. The minimum absolute atomic E-state index is 0.418. The molecule has 2 atom stereocenters. The molecule has 1 heterocycles. The molecule has 1 aliphatic heterocycles. The van der Waals surface area contributed by atoms with Gasteiger partial charge in [-0.25, -0.2) is 0 Å². The number of hydrogen-bond donors (Lipinski definition) is 1. The summed E-state index contributed by atoms with van der Waals surface area (Å²) in [4.78, 5) is 2.61. The quantitative estimate of drug-likeness (QED) is 0.803. The van der Waals surface area contributed by atoms with Crippen molar-refractivity contribution in [3.05, 3.63) is 34.3 Å². The zero-order chi connectivity index (χ0) is 15.2. The molecule has 1 aromatic carbocycles. The first-order valence-electron chi connectivity index (χ1n) is 8.34. The van der Waals surface area contributed by atoms with Crippen molar-refractivity contribution in [2.75, 3.05) is 19.6 Å². The Labute approximate surface area is 138 Å². The highest BCUT2D eigenvalue weighted by molar-refractivity contribution is 9.10. The van der Waals surface area contributed by atoms with Crippen LogP contribution >= 0.6 is 15.9 Å². The summed E-state index contributed by atoms with van der Waals surface area (Å²) < 4.78 is 1.15. The fourth-order valence-electron chi connectivity index (χ4n) is 3.37. The van der Waals surface area contributed by atoms with Gasteiger partial charge in [-0.1, -0.05) is 35.0 Å². The average Bonchev–Trinajstić information content (AvgIpc) is 2.49. The predicted octanol–water partition coefficient (Wildman–Crippen LogP) is 4.61. The van der Waals surface area contributed by atoms with E-state index in [1.807, 2.05) is 0 Å². The molecular weight excluding hydrogens is 324 g/mol. The smallest absolute Gasteiger partial charge is 0.0294 e. The maximum atomic E-state index is 3.80. The molecule has 118 valence electrons. The van der Waals surface area contributed by atoms with E-state index in [0.29, 0.717) is 12.1 Å². The molecule has 0 aromatic heterocycles. The topological polar surface area (TPSA) is 15.3 Å². The summed E-state index contributed by atoms with van der Waals surface area (Å²) in [5, 5.41) is 3.80. The summed E-state index contributed by atoms with van der Waals surface area (Å²) in [7, 11) is 0. The first-order chi connectivity index (χ1) is 10.1. The van der Waals surface area contributed by atoms with Crippen LogP contribution in [0.5, 0.6) is 0 Å². The highest BCUT2D eigenvalue weighted by Gasteiger charge is 2.24. The van der Waals surface area contributed by atoms with Crippen molar-refractivity contribution >= 4 is 15.9 Å². The van der Waals surface area contributed by atoms with Gasteiger partial charge in [0.05, 0.1) is 0 Å². The lowest BCUT2D eigenvalue weighted by atomic mass is 9.89. The lowest BCUT2D eigenvalue weighted by Gasteiger charge is -2.36. The number of piperidine rings is 1. The zero-order valence-electron chi connectivity index (χ0n) is 13.6. The number of nitrogens with zero attached hydrogens (tertiary/aromatic N) is 1. The van der Waals surface area contributed by atoms with E-state index >= 15 is 0 Å². The van der Waals surface area contributed by atoms with Gasteiger partial charge in [-0.05, 0) is 76.4 Å².